The van der Waals surface area contributed by atoms with E-state index in [1.165, 1.54) is 19.1 Å². The Bertz CT molecular complexity index is 1570. The molecule has 0 radical (unpaired) electrons. The van der Waals surface area contributed by atoms with Crippen LogP contribution in [0.15, 0.2) is 60.7 Å². The summed E-state index contributed by atoms with van der Waals surface area (Å²) in [6.07, 6.45) is 0.347. The molecule has 0 saturated heterocycles. The van der Waals surface area contributed by atoms with Crippen molar-refractivity contribution in [1.82, 2.24) is 15.1 Å². The molecule has 232 valence electrons. The molecule has 3 aromatic rings. The number of hydrogen-bond acceptors (Lipinski definition) is 7. The summed E-state index contributed by atoms with van der Waals surface area (Å²) >= 11 is 0. The number of carbonyl (C=O) groups excluding carboxylic acids is 4. The number of carbonyl (C=O) groups is 5. The van der Waals surface area contributed by atoms with Crippen LogP contribution in [0.5, 0.6) is 5.75 Å². The highest BCUT2D eigenvalue weighted by Gasteiger charge is 2.38. The summed E-state index contributed by atoms with van der Waals surface area (Å²) in [5.74, 6) is -2.88. The minimum absolute atomic E-state index is 0.00260. The van der Waals surface area contributed by atoms with Gasteiger partial charge in [-0.25, -0.2) is 0 Å². The van der Waals surface area contributed by atoms with Gasteiger partial charge in [0.15, 0.2) is 0 Å². The number of imide groups is 1. The summed E-state index contributed by atoms with van der Waals surface area (Å²) in [4.78, 5) is 67.2. The number of methoxy groups -OCH3 is 1. The van der Waals surface area contributed by atoms with Gasteiger partial charge in [0.1, 0.15) is 17.8 Å². The van der Waals surface area contributed by atoms with Gasteiger partial charge in [-0.1, -0.05) is 56.3 Å². The maximum absolute atomic E-state index is 13.7. The quantitative estimate of drug-likeness (QED) is 0.238. The molecule has 3 aromatic carbocycles. The number of rotatable bonds is 14. The zero-order valence-electron chi connectivity index (χ0n) is 25.3. The maximum atomic E-state index is 13.7. The first kappa shape index (κ1) is 32.2. The van der Waals surface area contributed by atoms with E-state index in [-0.39, 0.29) is 42.9 Å². The van der Waals surface area contributed by atoms with Crippen molar-refractivity contribution in [1.29, 1.82) is 0 Å². The van der Waals surface area contributed by atoms with E-state index in [1.807, 2.05) is 50.2 Å². The summed E-state index contributed by atoms with van der Waals surface area (Å²) in [5, 5.41) is 14.4. The molecule has 0 spiro atoms. The minimum Gasteiger partial charge on any atom is -0.496 e. The molecule has 11 heteroatoms. The van der Waals surface area contributed by atoms with E-state index >= 15 is 0 Å². The van der Waals surface area contributed by atoms with E-state index in [4.69, 9.17) is 10.5 Å². The van der Waals surface area contributed by atoms with Gasteiger partial charge in [-0.05, 0) is 47.9 Å². The molecule has 11 nitrogen and oxygen atoms in total. The predicted molar refractivity (Wildman–Crippen MR) is 164 cm³/mol. The number of fused-ring (bicyclic) bond motifs is 2. The number of aliphatic carboxylic acids is 1. The zero-order valence-corrected chi connectivity index (χ0v) is 25.3. The van der Waals surface area contributed by atoms with Crippen LogP contribution in [0.25, 0.3) is 10.8 Å². The molecule has 0 bridgehead atoms. The second-order valence-corrected chi connectivity index (χ2v) is 11.4. The monoisotopic (exact) mass is 602 g/mol. The van der Waals surface area contributed by atoms with Crippen molar-refractivity contribution >= 4 is 40.4 Å². The number of carboxylic acid groups (broad SMARTS) is 1. The fourth-order valence-corrected chi connectivity index (χ4v) is 5.57. The normalized spacial score (nSPS) is 14.8. The zero-order chi connectivity index (χ0) is 32.1. The average molecular weight is 603 g/mol. The first-order valence-electron chi connectivity index (χ1n) is 14.5. The number of carboxylic acids is 1. The molecule has 4 amide bonds. The van der Waals surface area contributed by atoms with Crippen LogP contribution in [0.2, 0.25) is 0 Å². The summed E-state index contributed by atoms with van der Waals surface area (Å²) in [7, 11) is 3.00. The highest BCUT2D eigenvalue weighted by Crippen LogP contribution is 2.32. The second-order valence-electron chi connectivity index (χ2n) is 11.4. The van der Waals surface area contributed by atoms with E-state index in [0.29, 0.717) is 11.1 Å². The Labute approximate surface area is 255 Å². The van der Waals surface area contributed by atoms with Crippen LogP contribution in [-0.4, -0.2) is 83.3 Å². The molecule has 0 unspecified atom stereocenters. The van der Waals surface area contributed by atoms with Crippen molar-refractivity contribution in [2.24, 2.45) is 11.7 Å². The number of benzene rings is 3. The topological polar surface area (TPSA) is 159 Å². The van der Waals surface area contributed by atoms with Crippen molar-refractivity contribution in [2.75, 3.05) is 20.7 Å². The predicted octanol–water partition coefficient (Wildman–Crippen LogP) is 2.85. The third-order valence-corrected chi connectivity index (χ3v) is 7.91. The first-order valence-corrected chi connectivity index (χ1v) is 14.5. The molecular weight excluding hydrogens is 564 g/mol. The van der Waals surface area contributed by atoms with E-state index in [9.17, 15) is 29.1 Å². The van der Waals surface area contributed by atoms with Gasteiger partial charge < -0.3 is 20.5 Å². The van der Waals surface area contributed by atoms with Gasteiger partial charge in [0.05, 0.1) is 24.3 Å². The van der Waals surface area contributed by atoms with Crippen molar-refractivity contribution in [2.45, 2.75) is 51.2 Å². The molecule has 44 heavy (non-hydrogen) atoms. The van der Waals surface area contributed by atoms with Crippen LogP contribution >= 0.6 is 0 Å². The molecular formula is C33H38N4O7. The third kappa shape index (κ3) is 6.89. The standard InChI is InChI=1S/C33H38N4O7/c1-19(2)15-26(32(41)36(3)27(29(34)38)16-20-9-6-5-7-10-20)35-25(33(42)43)13-14-37-30(39)23-17-21-11-8-12-28(44-4)22(21)18-24(23)31(37)40/h5-12,17-19,25-27,35H,13-16H2,1-4H3,(H2,34,38)(H,42,43)/t25-,26+,27+/m1/s1. The minimum atomic E-state index is -1.26. The van der Waals surface area contributed by atoms with E-state index in [2.05, 4.69) is 5.32 Å². The van der Waals surface area contributed by atoms with Crippen LogP contribution in [0, 0.1) is 5.92 Å². The van der Waals surface area contributed by atoms with Crippen molar-refractivity contribution in [3.8, 4) is 5.75 Å². The van der Waals surface area contributed by atoms with E-state index in [1.54, 1.807) is 24.3 Å². The lowest BCUT2D eigenvalue weighted by atomic mass is 9.99. The summed E-state index contributed by atoms with van der Waals surface area (Å²) < 4.78 is 5.40. The molecule has 0 aliphatic carbocycles. The Kier molecular flexibility index (Phi) is 10.00. The fraction of sp³-hybridized carbons (Fsp3) is 0.364. The largest absolute Gasteiger partial charge is 0.496 e. The molecule has 4 N–H and O–H groups in total. The van der Waals surface area contributed by atoms with Gasteiger partial charge in [-0.3, -0.25) is 34.2 Å². The molecule has 1 aliphatic rings. The summed E-state index contributed by atoms with van der Waals surface area (Å²) in [5.41, 5.74) is 6.95. The van der Waals surface area contributed by atoms with E-state index in [0.717, 1.165) is 15.8 Å². The molecule has 1 aliphatic heterocycles. The highest BCUT2D eigenvalue weighted by molar-refractivity contribution is 6.23. The van der Waals surface area contributed by atoms with Gasteiger partial charge in [-0.2, -0.15) is 0 Å². The van der Waals surface area contributed by atoms with Crippen LogP contribution in [0.4, 0.5) is 0 Å². The Balaban J connectivity index is 1.51. The number of nitrogens with zero attached hydrogens (tertiary/aromatic N) is 2. The number of primary amides is 1. The SMILES string of the molecule is COc1cccc2cc3c(cc12)C(=O)N(CC[C@@H](N[C@@H](CC(C)C)C(=O)N(C)[C@@H](Cc1ccccc1)C(N)=O)C(=O)O)C3=O. The number of nitrogens with one attached hydrogen (secondary N) is 1. The Hall–Kier alpha value is -4.77. The molecule has 0 saturated carbocycles. The fourth-order valence-electron chi connectivity index (χ4n) is 5.57. The molecule has 0 aromatic heterocycles. The molecule has 0 fully saturated rings. The van der Waals surface area contributed by atoms with Crippen LogP contribution in [-0.2, 0) is 20.8 Å². The van der Waals surface area contributed by atoms with Crippen molar-refractivity contribution < 1.29 is 33.8 Å². The van der Waals surface area contributed by atoms with Crippen LogP contribution in [0.3, 0.4) is 0 Å². The lowest BCUT2D eigenvalue weighted by molar-refractivity contribution is -0.143. The number of amides is 4. The van der Waals surface area contributed by atoms with Gasteiger partial charge in [-0.15, -0.1) is 0 Å². The summed E-state index contributed by atoms with van der Waals surface area (Å²) in [6, 6.07) is 14.6. The maximum Gasteiger partial charge on any atom is 0.320 e. The number of ether oxygens (including phenoxy) is 1. The smallest absolute Gasteiger partial charge is 0.320 e. The Morgan fingerprint density at radius 1 is 0.977 bits per heavy atom. The van der Waals surface area contributed by atoms with Gasteiger partial charge in [0, 0.05) is 25.4 Å². The Morgan fingerprint density at radius 2 is 1.64 bits per heavy atom. The van der Waals surface area contributed by atoms with Gasteiger partial charge in [0.25, 0.3) is 11.8 Å². The molecule has 4 rings (SSSR count). The molecule has 1 heterocycles. The van der Waals surface area contributed by atoms with Crippen LogP contribution in [0.1, 0.15) is 53.0 Å². The molecule has 3 atom stereocenters. The van der Waals surface area contributed by atoms with Crippen molar-refractivity contribution in [3.63, 3.8) is 0 Å². The average Bonchev–Trinajstić information content (AvgIpc) is 3.23. The van der Waals surface area contributed by atoms with Crippen LogP contribution < -0.4 is 15.8 Å². The number of hydrogen-bond donors (Lipinski definition) is 3. The Morgan fingerprint density at radius 3 is 2.23 bits per heavy atom. The highest BCUT2D eigenvalue weighted by atomic mass is 16.5. The van der Waals surface area contributed by atoms with E-state index < -0.39 is 47.7 Å². The van der Waals surface area contributed by atoms with Crippen molar-refractivity contribution in [3.05, 3.63) is 77.4 Å². The lowest BCUT2D eigenvalue weighted by Gasteiger charge is -2.32. The first-order chi connectivity index (χ1) is 20.9. The summed E-state index contributed by atoms with van der Waals surface area (Å²) in [6.45, 7) is 3.61. The van der Waals surface area contributed by atoms with Gasteiger partial charge >= 0.3 is 5.97 Å². The third-order valence-electron chi connectivity index (χ3n) is 7.91. The number of likely N-dealkylation sites (N-methyl/N-ethyl adjacent to an activating group) is 1. The second kappa shape index (κ2) is 13.7. The number of nitrogens with two attached hydrogens (primary N) is 1. The van der Waals surface area contributed by atoms with Gasteiger partial charge in [0.2, 0.25) is 11.8 Å². The lowest BCUT2D eigenvalue weighted by Crippen LogP contribution is -2.56.